The van der Waals surface area contributed by atoms with Gasteiger partial charge in [-0.1, -0.05) is 6.92 Å². The van der Waals surface area contributed by atoms with Crippen LogP contribution in [0.15, 0.2) is 41.5 Å². The molecule has 1 aromatic heterocycles. The molecule has 1 aromatic carbocycles. The van der Waals surface area contributed by atoms with E-state index in [4.69, 9.17) is 10.5 Å². The number of rotatable bonds is 4. The summed E-state index contributed by atoms with van der Waals surface area (Å²) >= 11 is 0. The maximum absolute atomic E-state index is 12.6. The van der Waals surface area contributed by atoms with Crippen molar-refractivity contribution in [3.63, 3.8) is 0 Å². The lowest BCUT2D eigenvalue weighted by Gasteiger charge is -2.22. The Balaban J connectivity index is 1.68. The number of hydrogen-bond acceptors (Lipinski definition) is 5. The minimum Gasteiger partial charge on any atom is -0.442 e. The van der Waals surface area contributed by atoms with Gasteiger partial charge in [-0.2, -0.15) is 4.99 Å². The van der Waals surface area contributed by atoms with Crippen molar-refractivity contribution in [1.29, 1.82) is 0 Å². The summed E-state index contributed by atoms with van der Waals surface area (Å²) in [6, 6.07) is 8.42. The minimum atomic E-state index is -0.810. The van der Waals surface area contributed by atoms with Crippen LogP contribution in [-0.2, 0) is 11.2 Å². The molecular weight excluding hydrogens is 408 g/mol. The van der Waals surface area contributed by atoms with Gasteiger partial charge in [0.05, 0.1) is 5.56 Å². The number of aliphatic imine (C=N–C) groups is 1. The van der Waals surface area contributed by atoms with Crippen LogP contribution in [0.25, 0.3) is 0 Å². The normalized spacial score (nSPS) is 16.3. The van der Waals surface area contributed by atoms with Gasteiger partial charge >= 0.3 is 6.09 Å². The number of nitrogens with two attached hydrogens (primary N) is 1. The van der Waals surface area contributed by atoms with Gasteiger partial charge < -0.3 is 15.8 Å². The number of amidine groups is 1. The van der Waals surface area contributed by atoms with E-state index in [-0.39, 0.29) is 29.1 Å². The highest BCUT2D eigenvalue weighted by Crippen LogP contribution is 2.29. The summed E-state index contributed by atoms with van der Waals surface area (Å²) < 4.78 is 5.10. The summed E-state index contributed by atoms with van der Waals surface area (Å²) in [5.74, 6) is -0.188. The zero-order valence-electron chi connectivity index (χ0n) is 18.8. The van der Waals surface area contributed by atoms with Crippen LogP contribution in [0.3, 0.4) is 0 Å². The van der Waals surface area contributed by atoms with Crippen LogP contribution in [-0.4, -0.2) is 34.2 Å². The number of Topliss-reactive ketones (excluding diaryl/α,β-unsaturated/α-hetero) is 1. The third kappa shape index (κ3) is 5.57. The summed E-state index contributed by atoms with van der Waals surface area (Å²) in [7, 11) is 0. The first-order chi connectivity index (χ1) is 15.1. The fraction of sp³-hybridized carbons (Fsp3) is 0.375. The number of ether oxygens (including phenoxy) is 1. The second kappa shape index (κ2) is 9.30. The Hall–Kier alpha value is -3.55. The number of carbonyl (C=O) groups excluding carboxylic acids is 3. The number of hydrogen-bond donors (Lipinski definition) is 2. The van der Waals surface area contributed by atoms with Crippen LogP contribution in [0.1, 0.15) is 72.5 Å². The van der Waals surface area contributed by atoms with Crippen molar-refractivity contribution in [2.75, 3.05) is 5.32 Å². The third-order valence-electron chi connectivity index (χ3n) is 5.15. The number of ketones is 1. The first kappa shape index (κ1) is 23.1. The van der Waals surface area contributed by atoms with Crippen molar-refractivity contribution in [2.45, 2.75) is 52.6 Å². The van der Waals surface area contributed by atoms with Gasteiger partial charge in [-0.25, -0.2) is 4.79 Å². The molecule has 8 nitrogen and oxygen atoms in total. The molecule has 1 aliphatic carbocycles. The average Bonchev–Trinajstić information content (AvgIpc) is 2.72. The molecule has 8 heteroatoms. The molecule has 0 spiro atoms. The molecule has 2 amide bonds. The predicted octanol–water partition coefficient (Wildman–Crippen LogP) is 4.13. The number of pyridine rings is 1. The van der Waals surface area contributed by atoms with Gasteiger partial charge in [-0.15, -0.1) is 0 Å². The lowest BCUT2D eigenvalue weighted by Crippen LogP contribution is -2.25. The number of fused-ring (bicyclic) bond motifs is 1. The molecular formula is C24H28N4O4. The molecule has 0 bridgehead atoms. The van der Waals surface area contributed by atoms with E-state index in [2.05, 4.69) is 15.3 Å². The van der Waals surface area contributed by atoms with Gasteiger partial charge in [0.15, 0.2) is 11.6 Å². The zero-order valence-corrected chi connectivity index (χ0v) is 18.8. The van der Waals surface area contributed by atoms with Crippen LogP contribution >= 0.6 is 0 Å². The molecule has 0 aliphatic heterocycles. The molecule has 2 aromatic rings. The van der Waals surface area contributed by atoms with Gasteiger partial charge in [0.1, 0.15) is 11.3 Å². The zero-order chi connectivity index (χ0) is 23.5. The van der Waals surface area contributed by atoms with Crippen LogP contribution in [0, 0.1) is 5.92 Å². The Labute approximate surface area is 187 Å². The average molecular weight is 437 g/mol. The van der Waals surface area contributed by atoms with Crippen molar-refractivity contribution in [3.8, 4) is 0 Å². The van der Waals surface area contributed by atoms with Crippen molar-refractivity contribution >= 4 is 29.3 Å². The van der Waals surface area contributed by atoms with E-state index >= 15 is 0 Å². The second-order valence-corrected chi connectivity index (χ2v) is 8.74. The van der Waals surface area contributed by atoms with Crippen LogP contribution in [0.5, 0.6) is 0 Å². The number of aryl methyl sites for hydroxylation is 1. The highest BCUT2D eigenvalue weighted by molar-refractivity contribution is 6.06. The lowest BCUT2D eigenvalue weighted by atomic mass is 9.81. The molecule has 3 N–H and O–H groups in total. The quantitative estimate of drug-likeness (QED) is 0.549. The molecule has 3 rings (SSSR count). The molecule has 0 saturated carbocycles. The van der Waals surface area contributed by atoms with E-state index in [9.17, 15) is 14.4 Å². The van der Waals surface area contributed by atoms with E-state index in [1.165, 1.54) is 12.3 Å². The van der Waals surface area contributed by atoms with Gasteiger partial charge in [0.25, 0.3) is 5.91 Å². The van der Waals surface area contributed by atoms with Gasteiger partial charge in [-0.05, 0) is 75.9 Å². The number of carbonyl (C=O) groups is 3. The van der Waals surface area contributed by atoms with Crippen LogP contribution < -0.4 is 11.1 Å². The van der Waals surface area contributed by atoms with Crippen LogP contribution in [0.4, 0.5) is 10.5 Å². The molecule has 1 unspecified atom stereocenters. The molecule has 1 atom stereocenters. The van der Waals surface area contributed by atoms with Crippen molar-refractivity contribution in [3.05, 3.63) is 58.9 Å². The number of nitrogens with zero attached hydrogens (tertiary/aromatic N) is 2. The van der Waals surface area contributed by atoms with E-state index in [0.29, 0.717) is 11.3 Å². The molecule has 0 radical (unpaired) electrons. The fourth-order valence-corrected chi connectivity index (χ4v) is 3.51. The van der Waals surface area contributed by atoms with E-state index in [0.717, 1.165) is 30.4 Å². The number of anilines is 1. The summed E-state index contributed by atoms with van der Waals surface area (Å²) in [4.78, 5) is 44.7. The first-order valence-corrected chi connectivity index (χ1v) is 10.6. The second-order valence-electron chi connectivity index (χ2n) is 8.74. The SMILES string of the molecule is CCC1CCc2cc(NC(=O)c3ccc(C(N)=NC(=O)OC(C)(C)C)nc3)ccc2C1=O. The predicted molar refractivity (Wildman–Crippen MR) is 122 cm³/mol. The Bertz CT molecular complexity index is 1070. The highest BCUT2D eigenvalue weighted by Gasteiger charge is 2.26. The Morgan fingerprint density at radius 1 is 1.25 bits per heavy atom. The van der Waals surface area contributed by atoms with Crippen LogP contribution in [0.2, 0.25) is 0 Å². The monoisotopic (exact) mass is 436 g/mol. The highest BCUT2D eigenvalue weighted by atomic mass is 16.6. The van der Waals surface area contributed by atoms with Gasteiger partial charge in [-0.3, -0.25) is 14.6 Å². The van der Waals surface area contributed by atoms with E-state index in [1.54, 1.807) is 39.0 Å². The van der Waals surface area contributed by atoms with Crippen molar-refractivity contribution < 1.29 is 19.1 Å². The summed E-state index contributed by atoms with van der Waals surface area (Å²) in [5, 5.41) is 2.83. The van der Waals surface area contributed by atoms with Crippen molar-refractivity contribution in [1.82, 2.24) is 4.98 Å². The maximum Gasteiger partial charge on any atom is 0.436 e. The molecule has 0 saturated heterocycles. The smallest absolute Gasteiger partial charge is 0.436 e. The molecule has 0 fully saturated rings. The van der Waals surface area contributed by atoms with Gasteiger partial charge in [0.2, 0.25) is 0 Å². The molecule has 168 valence electrons. The van der Waals surface area contributed by atoms with Gasteiger partial charge in [0, 0.05) is 23.4 Å². The Kier molecular flexibility index (Phi) is 6.72. The summed E-state index contributed by atoms with van der Waals surface area (Å²) in [6.07, 6.45) is 3.03. The number of amides is 2. The first-order valence-electron chi connectivity index (χ1n) is 10.6. The number of nitrogens with one attached hydrogen (secondary N) is 1. The lowest BCUT2D eigenvalue weighted by molar-refractivity contribution is 0.0603. The number of aromatic nitrogens is 1. The third-order valence-corrected chi connectivity index (χ3v) is 5.15. The molecule has 1 aliphatic rings. The topological polar surface area (TPSA) is 124 Å². The Morgan fingerprint density at radius 2 is 2.00 bits per heavy atom. The Morgan fingerprint density at radius 3 is 2.62 bits per heavy atom. The fourth-order valence-electron chi connectivity index (χ4n) is 3.51. The largest absolute Gasteiger partial charge is 0.442 e. The standard InChI is InChI=1S/C24H28N4O4/c1-5-14-6-7-15-12-17(9-10-18(15)20(14)29)27-22(30)16-8-11-19(26-13-16)21(25)28-23(31)32-24(2,3)4/h8-14H,5-7H2,1-4H3,(H,27,30)(H2,25,28,31). The summed E-state index contributed by atoms with van der Waals surface area (Å²) in [6.45, 7) is 7.21. The van der Waals surface area contributed by atoms with E-state index in [1.807, 2.05) is 13.0 Å². The van der Waals surface area contributed by atoms with Crippen molar-refractivity contribution in [2.24, 2.45) is 16.6 Å². The summed E-state index contributed by atoms with van der Waals surface area (Å²) in [5.41, 5.74) is 8.02. The molecule has 1 heterocycles. The maximum atomic E-state index is 12.6. The number of benzene rings is 1. The minimum absolute atomic E-state index is 0.0822. The van der Waals surface area contributed by atoms with E-state index < -0.39 is 11.7 Å². The molecule has 32 heavy (non-hydrogen) atoms.